The molecule has 0 fully saturated rings. The Kier molecular flexibility index (Phi) is 4.57. The van der Waals surface area contributed by atoms with Crippen LogP contribution in [0.1, 0.15) is 13.8 Å². The van der Waals surface area contributed by atoms with Gasteiger partial charge in [-0.1, -0.05) is 26.0 Å². The van der Waals surface area contributed by atoms with Gasteiger partial charge in [0.2, 0.25) is 10.0 Å². The number of aromatic nitrogens is 1. The van der Waals surface area contributed by atoms with Crippen LogP contribution in [0.15, 0.2) is 36.7 Å². The fourth-order valence-corrected chi connectivity index (χ4v) is 2.90. The van der Waals surface area contributed by atoms with Crippen molar-refractivity contribution in [2.45, 2.75) is 19.9 Å². The molecule has 20 heavy (non-hydrogen) atoms. The summed E-state index contributed by atoms with van der Waals surface area (Å²) in [5, 5.41) is 4.85. The molecule has 0 aliphatic carbocycles. The van der Waals surface area contributed by atoms with Gasteiger partial charge in [-0.15, -0.1) is 0 Å². The minimum absolute atomic E-state index is 0.0435. The predicted octanol–water partition coefficient (Wildman–Crippen LogP) is 1.97. The van der Waals surface area contributed by atoms with Gasteiger partial charge in [0.15, 0.2) is 0 Å². The minimum atomic E-state index is -3.36. The van der Waals surface area contributed by atoms with E-state index in [0.29, 0.717) is 12.2 Å². The van der Waals surface area contributed by atoms with E-state index in [-0.39, 0.29) is 11.8 Å². The van der Waals surface area contributed by atoms with E-state index in [2.05, 4.69) is 15.0 Å². The number of nitrogens with one attached hydrogen (secondary N) is 2. The molecule has 0 spiro atoms. The highest BCUT2D eigenvalue weighted by Gasteiger charge is 2.12. The second-order valence-electron chi connectivity index (χ2n) is 4.93. The summed E-state index contributed by atoms with van der Waals surface area (Å²) in [7, 11) is -3.36. The topological polar surface area (TPSA) is 71.1 Å². The van der Waals surface area contributed by atoms with Gasteiger partial charge in [-0.3, -0.25) is 9.71 Å². The number of hydrogen-bond acceptors (Lipinski definition) is 4. The minimum Gasteiger partial charge on any atom is -0.313 e. The Labute approximate surface area is 119 Å². The Balaban J connectivity index is 2.15. The van der Waals surface area contributed by atoms with Gasteiger partial charge >= 0.3 is 0 Å². The SMILES string of the molecule is CC(C)NCCS(=O)(=O)Nc1cccc2ccncc12. The quantitative estimate of drug-likeness (QED) is 0.854. The van der Waals surface area contributed by atoms with E-state index < -0.39 is 10.0 Å². The van der Waals surface area contributed by atoms with Crippen LogP contribution in [0.4, 0.5) is 5.69 Å². The Morgan fingerprint density at radius 1 is 1.25 bits per heavy atom. The van der Waals surface area contributed by atoms with Gasteiger partial charge in [-0.05, 0) is 17.5 Å². The second-order valence-corrected chi connectivity index (χ2v) is 6.77. The second kappa shape index (κ2) is 6.19. The summed E-state index contributed by atoms with van der Waals surface area (Å²) < 4.78 is 26.7. The van der Waals surface area contributed by atoms with Crippen molar-refractivity contribution in [3.8, 4) is 0 Å². The molecule has 6 heteroatoms. The first-order valence-electron chi connectivity index (χ1n) is 6.54. The molecule has 0 amide bonds. The van der Waals surface area contributed by atoms with Gasteiger partial charge in [0.1, 0.15) is 0 Å². The molecule has 1 aromatic heterocycles. The summed E-state index contributed by atoms with van der Waals surface area (Å²) in [4.78, 5) is 4.04. The Bertz CT molecular complexity index is 678. The molecular weight excluding hydrogens is 274 g/mol. The van der Waals surface area contributed by atoms with Crippen molar-refractivity contribution in [1.82, 2.24) is 10.3 Å². The number of rotatable bonds is 6. The standard InChI is InChI=1S/C14H19N3O2S/c1-11(2)16-8-9-20(18,19)17-14-5-3-4-12-6-7-15-10-13(12)14/h3-7,10-11,16-17H,8-9H2,1-2H3. The first-order chi connectivity index (χ1) is 9.48. The smallest absolute Gasteiger partial charge is 0.233 e. The zero-order chi connectivity index (χ0) is 14.6. The maximum Gasteiger partial charge on any atom is 0.233 e. The first kappa shape index (κ1) is 14.7. The lowest BCUT2D eigenvalue weighted by Crippen LogP contribution is -2.30. The number of hydrogen-bond donors (Lipinski definition) is 2. The normalized spacial score (nSPS) is 11.9. The maximum absolute atomic E-state index is 12.1. The van der Waals surface area contributed by atoms with Crippen LogP contribution in [0, 0.1) is 0 Å². The molecule has 0 bridgehead atoms. The molecule has 2 rings (SSSR count). The molecule has 1 aromatic carbocycles. The molecule has 1 heterocycles. The third-order valence-corrected chi connectivity index (χ3v) is 4.14. The fourth-order valence-electron chi connectivity index (χ4n) is 1.90. The molecule has 0 saturated carbocycles. The molecule has 0 radical (unpaired) electrons. The fraction of sp³-hybridized carbons (Fsp3) is 0.357. The van der Waals surface area contributed by atoms with Gasteiger partial charge in [0.05, 0.1) is 11.4 Å². The largest absolute Gasteiger partial charge is 0.313 e. The van der Waals surface area contributed by atoms with Crippen LogP contribution in [0.2, 0.25) is 0 Å². The summed E-state index contributed by atoms with van der Waals surface area (Å²) in [6, 6.07) is 7.62. The molecule has 0 saturated heterocycles. The van der Waals surface area contributed by atoms with Gasteiger partial charge in [-0.25, -0.2) is 8.42 Å². The molecular formula is C14H19N3O2S. The van der Waals surface area contributed by atoms with Crippen LogP contribution >= 0.6 is 0 Å². The third-order valence-electron chi connectivity index (χ3n) is 2.87. The van der Waals surface area contributed by atoms with Crippen LogP contribution in [-0.4, -0.2) is 31.7 Å². The lowest BCUT2D eigenvalue weighted by Gasteiger charge is -2.12. The number of nitrogens with zero attached hydrogens (tertiary/aromatic N) is 1. The van der Waals surface area contributed by atoms with Crippen molar-refractivity contribution in [2.75, 3.05) is 17.0 Å². The van der Waals surface area contributed by atoms with Crippen LogP contribution in [-0.2, 0) is 10.0 Å². The third kappa shape index (κ3) is 3.91. The first-order valence-corrected chi connectivity index (χ1v) is 8.20. The van der Waals surface area contributed by atoms with Crippen LogP contribution in [0.25, 0.3) is 10.8 Å². The number of fused-ring (bicyclic) bond motifs is 1. The lowest BCUT2D eigenvalue weighted by molar-refractivity contribution is 0.582. The van der Waals surface area contributed by atoms with Crippen molar-refractivity contribution >= 4 is 26.5 Å². The summed E-state index contributed by atoms with van der Waals surface area (Å²) >= 11 is 0. The van der Waals surface area contributed by atoms with Crippen LogP contribution in [0.3, 0.4) is 0 Å². The van der Waals surface area contributed by atoms with Gasteiger partial charge in [0, 0.05) is 30.4 Å². The van der Waals surface area contributed by atoms with E-state index in [1.165, 1.54) is 0 Å². The molecule has 5 nitrogen and oxygen atoms in total. The van der Waals surface area contributed by atoms with Crippen molar-refractivity contribution in [1.29, 1.82) is 0 Å². The molecule has 0 atom stereocenters. The molecule has 0 aliphatic rings. The predicted molar refractivity (Wildman–Crippen MR) is 82.3 cm³/mol. The number of sulfonamides is 1. The summed E-state index contributed by atoms with van der Waals surface area (Å²) in [5.41, 5.74) is 0.570. The summed E-state index contributed by atoms with van der Waals surface area (Å²) in [6.45, 7) is 4.39. The van der Waals surface area contributed by atoms with Crippen LogP contribution < -0.4 is 10.0 Å². The highest BCUT2D eigenvalue weighted by Crippen LogP contribution is 2.22. The van der Waals surface area contributed by atoms with Crippen molar-refractivity contribution < 1.29 is 8.42 Å². The van der Waals surface area contributed by atoms with Crippen molar-refractivity contribution in [3.63, 3.8) is 0 Å². The zero-order valence-corrected chi connectivity index (χ0v) is 12.4. The number of pyridine rings is 1. The Morgan fingerprint density at radius 3 is 2.80 bits per heavy atom. The van der Waals surface area contributed by atoms with Crippen molar-refractivity contribution in [2.24, 2.45) is 0 Å². The molecule has 0 unspecified atom stereocenters. The monoisotopic (exact) mass is 293 g/mol. The van der Waals surface area contributed by atoms with Crippen molar-refractivity contribution in [3.05, 3.63) is 36.7 Å². The van der Waals surface area contributed by atoms with Gasteiger partial charge in [-0.2, -0.15) is 0 Å². The Morgan fingerprint density at radius 2 is 2.05 bits per heavy atom. The molecule has 2 N–H and O–H groups in total. The number of anilines is 1. The Hall–Kier alpha value is -1.66. The number of benzene rings is 1. The summed E-state index contributed by atoms with van der Waals surface area (Å²) in [5.74, 6) is 0.0435. The molecule has 2 aromatic rings. The van der Waals surface area contributed by atoms with Crippen LogP contribution in [0.5, 0.6) is 0 Å². The lowest BCUT2D eigenvalue weighted by atomic mass is 10.1. The van der Waals surface area contributed by atoms with E-state index >= 15 is 0 Å². The van der Waals surface area contributed by atoms with E-state index in [0.717, 1.165) is 10.8 Å². The van der Waals surface area contributed by atoms with E-state index in [4.69, 9.17) is 0 Å². The average molecular weight is 293 g/mol. The molecule has 0 aliphatic heterocycles. The van der Waals surface area contributed by atoms with E-state index in [9.17, 15) is 8.42 Å². The van der Waals surface area contributed by atoms with Gasteiger partial charge in [0.25, 0.3) is 0 Å². The maximum atomic E-state index is 12.1. The van der Waals surface area contributed by atoms with E-state index in [1.54, 1.807) is 18.5 Å². The highest BCUT2D eigenvalue weighted by molar-refractivity contribution is 7.92. The zero-order valence-electron chi connectivity index (χ0n) is 11.6. The van der Waals surface area contributed by atoms with E-state index in [1.807, 2.05) is 32.0 Å². The average Bonchev–Trinajstić information content (AvgIpc) is 2.38. The summed E-state index contributed by atoms with van der Waals surface area (Å²) in [6.07, 6.45) is 3.35. The van der Waals surface area contributed by atoms with Gasteiger partial charge < -0.3 is 5.32 Å². The highest BCUT2D eigenvalue weighted by atomic mass is 32.2. The molecule has 108 valence electrons.